The number of ether oxygens (including phenoxy) is 1. The molecule has 1 atom stereocenters. The zero-order valence-corrected chi connectivity index (χ0v) is 7.38. The van der Waals surface area contributed by atoms with Crippen LogP contribution in [-0.4, -0.2) is 11.5 Å². The maximum atomic E-state index is 11.8. The van der Waals surface area contributed by atoms with E-state index in [0.29, 0.717) is 5.56 Å². The van der Waals surface area contributed by atoms with Gasteiger partial charge < -0.3 is 9.84 Å². The van der Waals surface area contributed by atoms with Gasteiger partial charge in [0.2, 0.25) is 0 Å². The zero-order chi connectivity index (χ0) is 10.8. The van der Waals surface area contributed by atoms with E-state index in [1.807, 2.05) is 0 Å². The van der Waals surface area contributed by atoms with Gasteiger partial charge in [0.1, 0.15) is 5.75 Å². The lowest BCUT2D eigenvalue weighted by Crippen LogP contribution is -2.17. The number of halogens is 3. The highest BCUT2D eigenvalue weighted by molar-refractivity contribution is 5.29. The van der Waals surface area contributed by atoms with E-state index in [9.17, 15) is 13.2 Å². The first-order valence-corrected chi connectivity index (χ1v) is 3.92. The minimum Gasteiger partial charge on any atom is -0.406 e. The molecule has 1 rings (SSSR count). The molecule has 0 amide bonds. The van der Waals surface area contributed by atoms with Crippen LogP contribution in [-0.2, 0) is 0 Å². The fourth-order valence-corrected chi connectivity index (χ4v) is 0.972. The first-order chi connectivity index (χ1) is 6.38. The molecule has 0 aromatic heterocycles. The van der Waals surface area contributed by atoms with Crippen LogP contribution in [0.3, 0.4) is 0 Å². The van der Waals surface area contributed by atoms with Crippen molar-refractivity contribution in [2.75, 3.05) is 0 Å². The summed E-state index contributed by atoms with van der Waals surface area (Å²) < 4.78 is 39.0. The van der Waals surface area contributed by atoms with E-state index >= 15 is 0 Å². The van der Waals surface area contributed by atoms with E-state index in [4.69, 9.17) is 5.11 Å². The van der Waals surface area contributed by atoms with Crippen molar-refractivity contribution in [1.29, 1.82) is 0 Å². The van der Waals surface area contributed by atoms with E-state index in [1.54, 1.807) is 0 Å². The molecule has 1 unspecified atom stereocenters. The molecule has 0 aliphatic heterocycles. The quantitative estimate of drug-likeness (QED) is 0.805. The molecule has 0 aliphatic carbocycles. The Morgan fingerprint density at radius 2 is 2.00 bits per heavy atom. The smallest absolute Gasteiger partial charge is 0.406 e. The van der Waals surface area contributed by atoms with Crippen molar-refractivity contribution >= 4 is 0 Å². The Balaban J connectivity index is 2.84. The normalized spacial score (nSPS) is 13.8. The molecule has 1 aromatic rings. The molecule has 1 aromatic carbocycles. The van der Waals surface area contributed by atoms with Gasteiger partial charge in [-0.15, -0.1) is 13.2 Å². The number of alkyl halides is 3. The molecular formula is C9H9F3O2. The molecule has 0 radical (unpaired) electrons. The van der Waals surface area contributed by atoms with Crippen molar-refractivity contribution in [3.05, 3.63) is 29.8 Å². The standard InChI is InChI=1S/C9H9F3O2/c1-6(13)7-3-2-4-8(5-7)14-9(10,11)12/h2-6,13H,1H3. The monoisotopic (exact) mass is 206 g/mol. The van der Waals surface area contributed by atoms with Crippen LogP contribution in [0.5, 0.6) is 5.75 Å². The van der Waals surface area contributed by atoms with Gasteiger partial charge in [-0.1, -0.05) is 12.1 Å². The maximum absolute atomic E-state index is 11.8. The van der Waals surface area contributed by atoms with Gasteiger partial charge in [-0.2, -0.15) is 0 Å². The number of aliphatic hydroxyl groups excluding tert-OH is 1. The second-order valence-corrected chi connectivity index (χ2v) is 2.80. The Hall–Kier alpha value is -1.23. The number of benzene rings is 1. The summed E-state index contributed by atoms with van der Waals surface area (Å²) in [5.74, 6) is -0.323. The molecule has 14 heavy (non-hydrogen) atoms. The van der Waals surface area contributed by atoms with E-state index in [1.165, 1.54) is 25.1 Å². The van der Waals surface area contributed by atoms with Crippen molar-refractivity contribution in [3.63, 3.8) is 0 Å². The lowest BCUT2D eigenvalue weighted by atomic mass is 10.1. The van der Waals surface area contributed by atoms with Crippen LogP contribution < -0.4 is 4.74 Å². The van der Waals surface area contributed by atoms with Gasteiger partial charge in [0.25, 0.3) is 0 Å². The lowest BCUT2D eigenvalue weighted by Gasteiger charge is -2.10. The van der Waals surface area contributed by atoms with Gasteiger partial charge in [-0.3, -0.25) is 0 Å². The summed E-state index contributed by atoms with van der Waals surface area (Å²) in [4.78, 5) is 0. The molecule has 0 saturated heterocycles. The first-order valence-electron chi connectivity index (χ1n) is 3.92. The van der Waals surface area contributed by atoms with Crippen LogP contribution >= 0.6 is 0 Å². The van der Waals surface area contributed by atoms with Crippen LogP contribution in [0.15, 0.2) is 24.3 Å². The molecule has 0 bridgehead atoms. The third-order valence-electron chi connectivity index (χ3n) is 1.57. The highest BCUT2D eigenvalue weighted by Gasteiger charge is 2.31. The number of aliphatic hydroxyl groups is 1. The van der Waals surface area contributed by atoms with E-state index in [0.717, 1.165) is 6.07 Å². The average Bonchev–Trinajstić information content (AvgIpc) is 2.01. The van der Waals surface area contributed by atoms with Crippen LogP contribution in [0, 0.1) is 0 Å². The van der Waals surface area contributed by atoms with Crippen LogP contribution in [0.2, 0.25) is 0 Å². The summed E-state index contributed by atoms with van der Waals surface area (Å²) in [6.45, 7) is 1.46. The second kappa shape index (κ2) is 3.88. The summed E-state index contributed by atoms with van der Waals surface area (Å²) in [5, 5.41) is 9.11. The number of rotatable bonds is 2. The van der Waals surface area contributed by atoms with Gasteiger partial charge in [-0.05, 0) is 24.6 Å². The molecule has 0 spiro atoms. The fraction of sp³-hybridized carbons (Fsp3) is 0.333. The molecule has 2 nitrogen and oxygen atoms in total. The molecule has 78 valence electrons. The average molecular weight is 206 g/mol. The molecule has 0 aliphatic rings. The molecule has 1 N–H and O–H groups in total. The molecule has 0 saturated carbocycles. The Kier molecular flexibility index (Phi) is 3.00. The summed E-state index contributed by atoms with van der Waals surface area (Å²) in [5.41, 5.74) is 0.381. The minimum atomic E-state index is -4.70. The number of hydrogen-bond acceptors (Lipinski definition) is 2. The van der Waals surface area contributed by atoms with Crippen molar-refractivity contribution in [2.45, 2.75) is 19.4 Å². The zero-order valence-electron chi connectivity index (χ0n) is 7.38. The van der Waals surface area contributed by atoms with Gasteiger partial charge in [0.15, 0.2) is 0 Å². The summed E-state index contributed by atoms with van der Waals surface area (Å²) >= 11 is 0. The van der Waals surface area contributed by atoms with E-state index in [2.05, 4.69) is 4.74 Å². The summed E-state index contributed by atoms with van der Waals surface area (Å²) in [6, 6.07) is 5.24. The predicted molar refractivity (Wildman–Crippen MR) is 43.8 cm³/mol. The Morgan fingerprint density at radius 3 is 2.50 bits per heavy atom. The molecular weight excluding hydrogens is 197 g/mol. The van der Waals surface area contributed by atoms with Gasteiger partial charge in [0.05, 0.1) is 6.10 Å². The molecule has 0 fully saturated rings. The first kappa shape index (κ1) is 10.8. The Bertz CT molecular complexity index is 307. The van der Waals surface area contributed by atoms with Crippen LogP contribution in [0.1, 0.15) is 18.6 Å². The van der Waals surface area contributed by atoms with E-state index < -0.39 is 12.5 Å². The van der Waals surface area contributed by atoms with Gasteiger partial charge in [0, 0.05) is 0 Å². The van der Waals surface area contributed by atoms with Crippen molar-refractivity contribution in [2.24, 2.45) is 0 Å². The van der Waals surface area contributed by atoms with Crippen molar-refractivity contribution in [1.82, 2.24) is 0 Å². The van der Waals surface area contributed by atoms with E-state index in [-0.39, 0.29) is 5.75 Å². The third kappa shape index (κ3) is 3.26. The second-order valence-electron chi connectivity index (χ2n) is 2.80. The van der Waals surface area contributed by atoms with Crippen LogP contribution in [0.4, 0.5) is 13.2 Å². The Morgan fingerprint density at radius 1 is 1.36 bits per heavy atom. The summed E-state index contributed by atoms with van der Waals surface area (Å²) in [6.07, 6.45) is -5.51. The number of hydrogen-bond donors (Lipinski definition) is 1. The summed E-state index contributed by atoms with van der Waals surface area (Å²) in [7, 11) is 0. The molecule has 0 heterocycles. The lowest BCUT2D eigenvalue weighted by molar-refractivity contribution is -0.274. The fourth-order valence-electron chi connectivity index (χ4n) is 0.972. The third-order valence-corrected chi connectivity index (χ3v) is 1.57. The topological polar surface area (TPSA) is 29.5 Å². The minimum absolute atomic E-state index is 0.323. The Labute approximate surface area is 78.9 Å². The van der Waals surface area contributed by atoms with Crippen molar-refractivity contribution in [3.8, 4) is 5.75 Å². The van der Waals surface area contributed by atoms with Crippen molar-refractivity contribution < 1.29 is 23.0 Å². The largest absolute Gasteiger partial charge is 0.573 e. The van der Waals surface area contributed by atoms with Crippen LogP contribution in [0.25, 0.3) is 0 Å². The highest BCUT2D eigenvalue weighted by Crippen LogP contribution is 2.25. The maximum Gasteiger partial charge on any atom is 0.573 e. The predicted octanol–water partition coefficient (Wildman–Crippen LogP) is 2.64. The molecule has 5 heteroatoms. The van der Waals surface area contributed by atoms with Gasteiger partial charge in [-0.25, -0.2) is 0 Å². The van der Waals surface area contributed by atoms with Gasteiger partial charge >= 0.3 is 6.36 Å². The highest BCUT2D eigenvalue weighted by atomic mass is 19.4. The SMILES string of the molecule is CC(O)c1cccc(OC(F)(F)F)c1.